The summed E-state index contributed by atoms with van der Waals surface area (Å²) in [6.07, 6.45) is 3.23. The van der Waals surface area contributed by atoms with Crippen LogP contribution in [0.1, 0.15) is 11.3 Å². The first-order valence-corrected chi connectivity index (χ1v) is 7.49. The van der Waals surface area contributed by atoms with Crippen LogP contribution in [0.15, 0.2) is 30.6 Å². The quantitative estimate of drug-likeness (QED) is 0.872. The molecule has 0 fully saturated rings. The Morgan fingerprint density at radius 1 is 1.45 bits per heavy atom. The molecule has 20 heavy (non-hydrogen) atoms. The number of nitrogens with zero attached hydrogens (tertiary/aromatic N) is 4. The summed E-state index contributed by atoms with van der Waals surface area (Å²) in [5, 5.41) is 12.7. The third-order valence-corrected chi connectivity index (χ3v) is 3.91. The van der Waals surface area contributed by atoms with Gasteiger partial charge in [-0.25, -0.2) is 8.42 Å². The Labute approximate surface area is 116 Å². The van der Waals surface area contributed by atoms with Crippen LogP contribution < -0.4 is 4.72 Å². The van der Waals surface area contributed by atoms with Crippen molar-refractivity contribution < 1.29 is 8.42 Å². The molecule has 0 aliphatic heterocycles. The molecule has 0 saturated carbocycles. The third-order valence-electron chi connectivity index (χ3n) is 2.66. The Bertz CT molecular complexity index is 731. The van der Waals surface area contributed by atoms with E-state index in [4.69, 9.17) is 5.26 Å². The van der Waals surface area contributed by atoms with E-state index in [0.717, 1.165) is 0 Å². The van der Waals surface area contributed by atoms with Crippen LogP contribution in [-0.2, 0) is 23.5 Å². The van der Waals surface area contributed by atoms with Crippen molar-refractivity contribution in [3.8, 4) is 6.07 Å². The number of aryl methyl sites for hydroxylation is 2. The fourth-order valence-corrected chi connectivity index (χ4v) is 2.74. The summed E-state index contributed by atoms with van der Waals surface area (Å²) in [4.78, 5) is 4.07. The van der Waals surface area contributed by atoms with Gasteiger partial charge in [-0.15, -0.1) is 0 Å². The van der Waals surface area contributed by atoms with Gasteiger partial charge in [-0.05, 0) is 12.1 Å². The molecule has 2 aromatic rings. The van der Waals surface area contributed by atoms with E-state index in [1.807, 2.05) is 6.07 Å². The van der Waals surface area contributed by atoms with E-state index in [-0.39, 0.29) is 17.1 Å². The van der Waals surface area contributed by atoms with Crippen molar-refractivity contribution in [2.24, 2.45) is 7.05 Å². The molecule has 0 unspecified atom stereocenters. The highest BCUT2D eigenvalue weighted by Crippen LogP contribution is 2.14. The molecule has 0 aromatic carbocycles. The first-order valence-electron chi connectivity index (χ1n) is 5.84. The highest BCUT2D eigenvalue weighted by atomic mass is 32.2. The number of nitrogens with one attached hydrogen (secondary N) is 1. The summed E-state index contributed by atoms with van der Waals surface area (Å²) in [6, 6.07) is 7.23. The van der Waals surface area contributed by atoms with Gasteiger partial charge in [-0.2, -0.15) is 10.4 Å². The molecule has 2 aromatic heterocycles. The Kier molecular flexibility index (Phi) is 4.00. The molecule has 2 heterocycles. The lowest BCUT2D eigenvalue weighted by Gasteiger charge is -2.08. The number of hydrogen-bond acceptors (Lipinski definition) is 5. The predicted octanol–water partition coefficient (Wildman–Crippen LogP) is 0.671. The molecule has 0 amide bonds. The van der Waals surface area contributed by atoms with E-state index in [1.165, 1.54) is 10.9 Å². The SMILES string of the molecule is Cn1ncc(C#N)c1NS(=O)(=O)CCc1ccccn1. The van der Waals surface area contributed by atoms with Crippen molar-refractivity contribution in [2.75, 3.05) is 10.5 Å². The Hall–Kier alpha value is -2.40. The monoisotopic (exact) mass is 291 g/mol. The van der Waals surface area contributed by atoms with Crippen LogP contribution in [-0.4, -0.2) is 28.9 Å². The second-order valence-electron chi connectivity index (χ2n) is 4.13. The van der Waals surface area contributed by atoms with E-state index in [1.54, 1.807) is 31.4 Å². The maximum Gasteiger partial charge on any atom is 0.234 e. The smallest absolute Gasteiger partial charge is 0.234 e. The topological polar surface area (TPSA) is 101 Å². The zero-order valence-corrected chi connectivity index (χ0v) is 11.6. The first kappa shape index (κ1) is 14.0. The number of nitriles is 1. The van der Waals surface area contributed by atoms with Gasteiger partial charge in [0.15, 0.2) is 5.82 Å². The van der Waals surface area contributed by atoms with Crippen LogP contribution in [0, 0.1) is 11.3 Å². The lowest BCUT2D eigenvalue weighted by atomic mass is 10.3. The number of anilines is 1. The van der Waals surface area contributed by atoms with E-state index >= 15 is 0 Å². The fourth-order valence-electron chi connectivity index (χ4n) is 1.62. The molecule has 8 heteroatoms. The van der Waals surface area contributed by atoms with Crippen molar-refractivity contribution in [3.63, 3.8) is 0 Å². The molecule has 1 N–H and O–H groups in total. The van der Waals surface area contributed by atoms with E-state index in [9.17, 15) is 8.42 Å². The van der Waals surface area contributed by atoms with E-state index in [0.29, 0.717) is 12.1 Å². The van der Waals surface area contributed by atoms with Crippen LogP contribution in [0.25, 0.3) is 0 Å². The Morgan fingerprint density at radius 3 is 2.90 bits per heavy atom. The van der Waals surface area contributed by atoms with Crippen LogP contribution in [0.4, 0.5) is 5.82 Å². The normalized spacial score (nSPS) is 11.0. The molecule has 2 rings (SSSR count). The van der Waals surface area contributed by atoms with Gasteiger partial charge in [0.05, 0.1) is 11.9 Å². The summed E-state index contributed by atoms with van der Waals surface area (Å²) in [6.45, 7) is 0. The van der Waals surface area contributed by atoms with E-state index in [2.05, 4.69) is 14.8 Å². The van der Waals surface area contributed by atoms with Crippen molar-refractivity contribution in [1.82, 2.24) is 14.8 Å². The highest BCUT2D eigenvalue weighted by Gasteiger charge is 2.16. The molecule has 0 aliphatic carbocycles. The molecule has 0 aliphatic rings. The highest BCUT2D eigenvalue weighted by molar-refractivity contribution is 7.92. The Balaban J connectivity index is 2.08. The van der Waals surface area contributed by atoms with Gasteiger partial charge >= 0.3 is 0 Å². The van der Waals surface area contributed by atoms with Crippen molar-refractivity contribution in [1.29, 1.82) is 5.26 Å². The van der Waals surface area contributed by atoms with Gasteiger partial charge in [0.25, 0.3) is 0 Å². The number of rotatable bonds is 5. The zero-order chi connectivity index (χ0) is 14.6. The summed E-state index contributed by atoms with van der Waals surface area (Å²) in [5.41, 5.74) is 0.886. The van der Waals surface area contributed by atoms with Crippen LogP contribution in [0.2, 0.25) is 0 Å². The molecule has 0 bridgehead atoms. The van der Waals surface area contributed by atoms with Gasteiger partial charge in [-0.1, -0.05) is 6.07 Å². The minimum Gasteiger partial charge on any atom is -0.266 e. The Morgan fingerprint density at radius 2 is 2.25 bits per heavy atom. The average Bonchev–Trinajstić information content (AvgIpc) is 2.78. The van der Waals surface area contributed by atoms with Gasteiger partial charge in [0.2, 0.25) is 10.0 Å². The molecule has 0 atom stereocenters. The molecule has 0 saturated heterocycles. The molecule has 7 nitrogen and oxygen atoms in total. The average molecular weight is 291 g/mol. The largest absolute Gasteiger partial charge is 0.266 e. The zero-order valence-electron chi connectivity index (χ0n) is 10.8. The van der Waals surface area contributed by atoms with E-state index < -0.39 is 10.0 Å². The fraction of sp³-hybridized carbons (Fsp3) is 0.250. The summed E-state index contributed by atoms with van der Waals surface area (Å²) in [7, 11) is -1.99. The number of pyridine rings is 1. The summed E-state index contributed by atoms with van der Waals surface area (Å²) in [5.74, 6) is 0.0635. The maximum atomic E-state index is 12.0. The maximum absolute atomic E-state index is 12.0. The number of aromatic nitrogens is 3. The number of sulfonamides is 1. The summed E-state index contributed by atoms with van der Waals surface area (Å²) >= 11 is 0. The molecule has 104 valence electrons. The molecule has 0 spiro atoms. The number of hydrogen-bond donors (Lipinski definition) is 1. The van der Waals surface area contributed by atoms with Crippen LogP contribution >= 0.6 is 0 Å². The third kappa shape index (κ3) is 3.33. The second kappa shape index (κ2) is 5.71. The molecular weight excluding hydrogens is 278 g/mol. The van der Waals surface area contributed by atoms with Gasteiger partial charge < -0.3 is 0 Å². The van der Waals surface area contributed by atoms with Crippen molar-refractivity contribution >= 4 is 15.8 Å². The van der Waals surface area contributed by atoms with Gasteiger partial charge in [-0.3, -0.25) is 14.4 Å². The minimum absolute atomic E-state index is 0.111. The predicted molar refractivity (Wildman–Crippen MR) is 73.3 cm³/mol. The van der Waals surface area contributed by atoms with Crippen LogP contribution in [0.3, 0.4) is 0 Å². The standard InChI is InChI=1S/C12H13N5O2S/c1-17-12(10(8-13)9-15-17)16-20(18,19)7-5-11-4-2-3-6-14-11/h2-4,6,9,16H,5,7H2,1H3. The summed E-state index contributed by atoms with van der Waals surface area (Å²) < 4.78 is 27.7. The second-order valence-corrected chi connectivity index (χ2v) is 5.98. The van der Waals surface area contributed by atoms with Crippen LogP contribution in [0.5, 0.6) is 0 Å². The van der Waals surface area contributed by atoms with Gasteiger partial charge in [0.1, 0.15) is 11.6 Å². The molecule has 0 radical (unpaired) electrons. The van der Waals surface area contributed by atoms with Gasteiger partial charge in [0, 0.05) is 25.4 Å². The first-order chi connectivity index (χ1) is 9.52. The lowest BCUT2D eigenvalue weighted by molar-refractivity contribution is 0.599. The minimum atomic E-state index is -3.56. The van der Waals surface area contributed by atoms with Crippen molar-refractivity contribution in [3.05, 3.63) is 41.9 Å². The molecular formula is C12H13N5O2S. The lowest BCUT2D eigenvalue weighted by Crippen LogP contribution is -2.20. The van der Waals surface area contributed by atoms with Crippen molar-refractivity contribution in [2.45, 2.75) is 6.42 Å².